The molecule has 1 aromatic rings. The van der Waals surface area contributed by atoms with E-state index in [-0.39, 0.29) is 5.82 Å². The molecular formula is C6H6ClFN2. The first-order chi connectivity index (χ1) is 4.74. The molecule has 54 valence electrons. The largest absolute Gasteiger partial charge is 0.323 e. The molecule has 0 atom stereocenters. The highest BCUT2D eigenvalue weighted by Crippen LogP contribution is 2.20. The summed E-state index contributed by atoms with van der Waals surface area (Å²) in [5.41, 5.74) is 2.65. The fraction of sp³-hybridized carbons (Fsp3) is 0. The van der Waals surface area contributed by atoms with Gasteiger partial charge in [0.05, 0.1) is 10.7 Å². The maximum absolute atomic E-state index is 12.4. The van der Waals surface area contributed by atoms with E-state index in [2.05, 4.69) is 5.43 Å². The summed E-state index contributed by atoms with van der Waals surface area (Å²) in [5, 5.41) is 0.406. The van der Waals surface area contributed by atoms with E-state index in [0.717, 1.165) is 0 Å². The molecule has 4 heteroatoms. The minimum absolute atomic E-state index is 0.364. The van der Waals surface area contributed by atoms with Crippen molar-refractivity contribution in [2.45, 2.75) is 0 Å². The van der Waals surface area contributed by atoms with Crippen molar-refractivity contribution < 1.29 is 4.39 Å². The molecule has 0 aliphatic heterocycles. The minimum Gasteiger partial charge on any atom is -0.323 e. The molecule has 0 heterocycles. The van der Waals surface area contributed by atoms with Gasteiger partial charge in [0.2, 0.25) is 0 Å². The molecule has 1 rings (SSSR count). The Morgan fingerprint density at radius 1 is 1.50 bits per heavy atom. The number of anilines is 1. The number of benzene rings is 1. The summed E-state index contributed by atoms with van der Waals surface area (Å²) in [7, 11) is 0. The molecule has 3 N–H and O–H groups in total. The van der Waals surface area contributed by atoms with E-state index in [1.807, 2.05) is 0 Å². The normalized spacial score (nSPS) is 9.50. The van der Waals surface area contributed by atoms with Crippen molar-refractivity contribution in [3.63, 3.8) is 0 Å². The van der Waals surface area contributed by atoms with Crippen molar-refractivity contribution in [2.24, 2.45) is 5.84 Å². The van der Waals surface area contributed by atoms with Crippen molar-refractivity contribution >= 4 is 17.3 Å². The van der Waals surface area contributed by atoms with Gasteiger partial charge in [0.15, 0.2) is 0 Å². The Hall–Kier alpha value is -0.800. The zero-order valence-electron chi connectivity index (χ0n) is 5.07. The van der Waals surface area contributed by atoms with Gasteiger partial charge in [-0.1, -0.05) is 11.6 Å². The van der Waals surface area contributed by atoms with Gasteiger partial charge < -0.3 is 5.43 Å². The van der Waals surface area contributed by atoms with Crippen LogP contribution in [0.1, 0.15) is 0 Å². The van der Waals surface area contributed by atoms with Gasteiger partial charge in [-0.25, -0.2) is 4.39 Å². The lowest BCUT2D eigenvalue weighted by Gasteiger charge is -2.00. The number of nitrogen functional groups attached to an aromatic ring is 1. The van der Waals surface area contributed by atoms with Crippen LogP contribution in [0.25, 0.3) is 0 Å². The number of hydrazine groups is 1. The molecule has 0 spiro atoms. The zero-order chi connectivity index (χ0) is 7.56. The highest BCUT2D eigenvalue weighted by molar-refractivity contribution is 6.33. The molecule has 0 aliphatic rings. The van der Waals surface area contributed by atoms with Gasteiger partial charge in [-0.2, -0.15) is 0 Å². The third-order valence-corrected chi connectivity index (χ3v) is 1.41. The Labute approximate surface area is 62.8 Å². The Kier molecular flexibility index (Phi) is 2.09. The molecule has 0 saturated carbocycles. The Balaban J connectivity index is 3.09. The summed E-state index contributed by atoms with van der Waals surface area (Å²) in [6.07, 6.45) is 0. The summed E-state index contributed by atoms with van der Waals surface area (Å²) >= 11 is 5.59. The standard InChI is InChI=1S/C6H6ClFN2/c7-5-2-1-4(8)3-6(5)10-9/h1-3,10H,9H2. The summed E-state index contributed by atoms with van der Waals surface area (Å²) in [4.78, 5) is 0. The van der Waals surface area contributed by atoms with Crippen molar-refractivity contribution in [1.82, 2.24) is 0 Å². The molecule has 0 unspecified atom stereocenters. The van der Waals surface area contributed by atoms with E-state index in [4.69, 9.17) is 17.4 Å². The van der Waals surface area contributed by atoms with Crippen LogP contribution in [-0.2, 0) is 0 Å². The number of halogens is 2. The van der Waals surface area contributed by atoms with Gasteiger partial charge >= 0.3 is 0 Å². The van der Waals surface area contributed by atoms with E-state index in [1.165, 1.54) is 18.2 Å². The quantitative estimate of drug-likeness (QED) is 0.485. The van der Waals surface area contributed by atoms with E-state index < -0.39 is 0 Å². The third kappa shape index (κ3) is 1.37. The summed E-state index contributed by atoms with van der Waals surface area (Å²) in [6, 6.07) is 3.93. The van der Waals surface area contributed by atoms with Crippen LogP contribution in [0.15, 0.2) is 18.2 Å². The van der Waals surface area contributed by atoms with Crippen LogP contribution in [0, 0.1) is 5.82 Å². The van der Waals surface area contributed by atoms with Crippen LogP contribution < -0.4 is 11.3 Å². The monoisotopic (exact) mass is 160 g/mol. The lowest BCUT2D eigenvalue weighted by atomic mass is 10.3. The van der Waals surface area contributed by atoms with Crippen molar-refractivity contribution in [2.75, 3.05) is 5.43 Å². The Bertz CT molecular complexity index is 239. The third-order valence-electron chi connectivity index (χ3n) is 1.08. The maximum atomic E-state index is 12.4. The van der Waals surface area contributed by atoms with Crippen LogP contribution in [-0.4, -0.2) is 0 Å². The summed E-state index contributed by atoms with van der Waals surface area (Å²) in [6.45, 7) is 0. The molecule has 0 radical (unpaired) electrons. The molecule has 0 bridgehead atoms. The Morgan fingerprint density at radius 2 is 2.20 bits per heavy atom. The molecule has 0 aromatic heterocycles. The van der Waals surface area contributed by atoms with Gasteiger partial charge in [-0.15, -0.1) is 0 Å². The van der Waals surface area contributed by atoms with Crippen LogP contribution >= 0.6 is 11.6 Å². The fourth-order valence-corrected chi connectivity index (χ4v) is 0.780. The Morgan fingerprint density at radius 3 is 2.70 bits per heavy atom. The molecule has 10 heavy (non-hydrogen) atoms. The SMILES string of the molecule is NNc1cc(F)ccc1Cl. The van der Waals surface area contributed by atoms with Gasteiger partial charge in [-0.05, 0) is 18.2 Å². The number of rotatable bonds is 1. The molecule has 0 saturated heterocycles. The van der Waals surface area contributed by atoms with Crippen LogP contribution in [0.4, 0.5) is 10.1 Å². The number of nitrogens with one attached hydrogen (secondary N) is 1. The molecule has 2 nitrogen and oxygen atoms in total. The fourth-order valence-electron chi connectivity index (χ4n) is 0.608. The highest BCUT2D eigenvalue weighted by atomic mass is 35.5. The van der Waals surface area contributed by atoms with Crippen LogP contribution in [0.5, 0.6) is 0 Å². The summed E-state index contributed by atoms with van der Waals surface area (Å²) < 4.78 is 12.4. The molecule has 0 amide bonds. The number of hydrogen-bond acceptors (Lipinski definition) is 2. The van der Waals surface area contributed by atoms with Crippen molar-refractivity contribution in [1.29, 1.82) is 0 Å². The first-order valence-electron chi connectivity index (χ1n) is 2.65. The van der Waals surface area contributed by atoms with E-state index >= 15 is 0 Å². The minimum atomic E-state index is -0.364. The predicted octanol–water partition coefficient (Wildman–Crippen LogP) is 1.76. The number of hydrogen-bond donors (Lipinski definition) is 2. The van der Waals surface area contributed by atoms with E-state index in [1.54, 1.807) is 0 Å². The molecule has 0 aliphatic carbocycles. The first kappa shape index (κ1) is 7.31. The predicted molar refractivity (Wildman–Crippen MR) is 39.2 cm³/mol. The topological polar surface area (TPSA) is 38.0 Å². The second-order valence-electron chi connectivity index (χ2n) is 1.77. The van der Waals surface area contributed by atoms with Gasteiger partial charge in [0, 0.05) is 0 Å². The second kappa shape index (κ2) is 2.86. The van der Waals surface area contributed by atoms with Crippen molar-refractivity contribution in [3.8, 4) is 0 Å². The average Bonchev–Trinajstić information content (AvgIpc) is 1.94. The highest BCUT2D eigenvalue weighted by Gasteiger charge is 1.97. The molecule has 0 fully saturated rings. The van der Waals surface area contributed by atoms with Crippen LogP contribution in [0.3, 0.4) is 0 Å². The van der Waals surface area contributed by atoms with Crippen LogP contribution in [0.2, 0.25) is 5.02 Å². The zero-order valence-corrected chi connectivity index (χ0v) is 5.82. The summed E-state index contributed by atoms with van der Waals surface area (Å²) in [5.74, 6) is 4.65. The molecule has 1 aromatic carbocycles. The first-order valence-corrected chi connectivity index (χ1v) is 3.03. The second-order valence-corrected chi connectivity index (χ2v) is 2.18. The van der Waals surface area contributed by atoms with Gasteiger partial charge in [0.1, 0.15) is 5.82 Å². The van der Waals surface area contributed by atoms with Gasteiger partial charge in [-0.3, -0.25) is 5.84 Å². The maximum Gasteiger partial charge on any atom is 0.125 e. The van der Waals surface area contributed by atoms with E-state index in [9.17, 15) is 4.39 Å². The smallest absolute Gasteiger partial charge is 0.125 e. The molecular weight excluding hydrogens is 155 g/mol. The lowest BCUT2D eigenvalue weighted by molar-refractivity contribution is 0.628. The van der Waals surface area contributed by atoms with Gasteiger partial charge in [0.25, 0.3) is 0 Å². The average molecular weight is 161 g/mol. The lowest BCUT2D eigenvalue weighted by Crippen LogP contribution is -2.07. The number of nitrogens with two attached hydrogens (primary N) is 1. The van der Waals surface area contributed by atoms with Crippen molar-refractivity contribution in [3.05, 3.63) is 29.0 Å². The van der Waals surface area contributed by atoms with E-state index in [0.29, 0.717) is 10.7 Å².